The van der Waals surface area contributed by atoms with Crippen molar-refractivity contribution >= 4 is 34.6 Å². The maximum Gasteiger partial charge on any atom is 0.342 e. The van der Waals surface area contributed by atoms with Crippen molar-refractivity contribution in [3.63, 3.8) is 0 Å². The van der Waals surface area contributed by atoms with Crippen LogP contribution in [0.25, 0.3) is 10.9 Å². The normalized spacial score (nSPS) is 14.0. The van der Waals surface area contributed by atoms with E-state index in [4.69, 9.17) is 9.72 Å². The van der Waals surface area contributed by atoms with Gasteiger partial charge in [-0.2, -0.15) is 0 Å². The summed E-state index contributed by atoms with van der Waals surface area (Å²) >= 11 is 0. The smallest absolute Gasteiger partial charge is 0.342 e. The van der Waals surface area contributed by atoms with Gasteiger partial charge in [-0.15, -0.1) is 0 Å². The van der Waals surface area contributed by atoms with Crippen molar-refractivity contribution in [2.45, 2.75) is 32.4 Å². The van der Waals surface area contributed by atoms with E-state index < -0.39 is 24.0 Å². The number of para-hydroxylation sites is 1. The monoisotopic (exact) mass is 446 g/mol. The molecule has 1 atom stereocenters. The van der Waals surface area contributed by atoms with Crippen LogP contribution >= 0.6 is 0 Å². The van der Waals surface area contributed by atoms with Gasteiger partial charge >= 0.3 is 12.0 Å². The van der Waals surface area contributed by atoms with E-state index in [9.17, 15) is 14.4 Å². The molecule has 1 aromatic heterocycles. The molecule has 0 radical (unpaired) electrons. The minimum Gasteiger partial charge on any atom is -0.449 e. The molecule has 2 aromatic carbocycles. The number of hydrogen-bond donors (Lipinski definition) is 2. The number of imide groups is 1. The first kappa shape index (κ1) is 22.3. The average molecular weight is 447 g/mol. The lowest BCUT2D eigenvalue weighted by Crippen LogP contribution is -2.44. The summed E-state index contributed by atoms with van der Waals surface area (Å²) in [6.45, 7) is 3.32. The summed E-state index contributed by atoms with van der Waals surface area (Å²) < 4.78 is 5.41. The summed E-state index contributed by atoms with van der Waals surface area (Å²) in [6, 6.07) is 18.0. The molecule has 3 aromatic rings. The number of urea groups is 1. The number of carbonyl (C=O) groups is 3. The van der Waals surface area contributed by atoms with Gasteiger partial charge in [-0.3, -0.25) is 10.1 Å². The van der Waals surface area contributed by atoms with E-state index in [1.165, 1.54) is 6.92 Å². The fourth-order valence-corrected chi connectivity index (χ4v) is 3.74. The molecule has 0 spiro atoms. The number of esters is 1. The van der Waals surface area contributed by atoms with E-state index in [2.05, 4.69) is 15.5 Å². The van der Waals surface area contributed by atoms with Gasteiger partial charge in [-0.05, 0) is 37.5 Å². The van der Waals surface area contributed by atoms with Crippen LogP contribution in [0.3, 0.4) is 0 Å². The highest BCUT2D eigenvalue weighted by Crippen LogP contribution is 2.27. The zero-order valence-corrected chi connectivity index (χ0v) is 18.4. The highest BCUT2D eigenvalue weighted by atomic mass is 16.5. The number of benzene rings is 2. The van der Waals surface area contributed by atoms with Crippen LogP contribution in [-0.4, -0.2) is 42.1 Å². The highest BCUT2D eigenvalue weighted by molar-refractivity contribution is 6.02. The van der Waals surface area contributed by atoms with E-state index in [0.717, 1.165) is 42.4 Å². The van der Waals surface area contributed by atoms with Gasteiger partial charge in [-0.1, -0.05) is 48.5 Å². The van der Waals surface area contributed by atoms with Crippen LogP contribution in [0.2, 0.25) is 0 Å². The first-order chi connectivity index (χ1) is 16.0. The van der Waals surface area contributed by atoms with E-state index in [1.807, 2.05) is 54.6 Å². The van der Waals surface area contributed by atoms with E-state index in [1.54, 1.807) is 6.07 Å². The third kappa shape index (κ3) is 5.46. The number of ether oxygens (including phenoxy) is 1. The predicted octanol–water partition coefficient (Wildman–Crippen LogP) is 3.41. The Hall–Kier alpha value is -3.94. The van der Waals surface area contributed by atoms with Gasteiger partial charge in [0.15, 0.2) is 6.10 Å². The van der Waals surface area contributed by atoms with Gasteiger partial charge in [0, 0.05) is 25.0 Å². The number of carbonyl (C=O) groups excluding carboxylic acids is 3. The molecule has 3 amide bonds. The van der Waals surface area contributed by atoms with Gasteiger partial charge in [0.1, 0.15) is 11.4 Å². The van der Waals surface area contributed by atoms with Crippen molar-refractivity contribution in [3.8, 4) is 0 Å². The minimum atomic E-state index is -1.15. The number of pyridine rings is 1. The Morgan fingerprint density at radius 2 is 1.73 bits per heavy atom. The molecule has 1 saturated heterocycles. The van der Waals surface area contributed by atoms with Gasteiger partial charge in [0.2, 0.25) is 0 Å². The molecule has 0 saturated carbocycles. The van der Waals surface area contributed by atoms with Gasteiger partial charge < -0.3 is 15.0 Å². The van der Waals surface area contributed by atoms with Crippen molar-refractivity contribution in [3.05, 3.63) is 71.8 Å². The number of nitrogens with one attached hydrogen (secondary N) is 2. The Balaban J connectivity index is 1.42. The van der Waals surface area contributed by atoms with E-state index >= 15 is 0 Å². The van der Waals surface area contributed by atoms with Gasteiger partial charge in [0.05, 0.1) is 5.52 Å². The molecular weight excluding hydrogens is 420 g/mol. The fraction of sp³-hybridized carbons (Fsp3) is 0.280. The zero-order chi connectivity index (χ0) is 23.2. The Morgan fingerprint density at radius 3 is 2.48 bits per heavy atom. The second-order valence-corrected chi connectivity index (χ2v) is 7.95. The molecule has 2 heterocycles. The number of fused-ring (bicyclic) bond motifs is 1. The fourth-order valence-electron chi connectivity index (χ4n) is 3.74. The van der Waals surface area contributed by atoms with Crippen molar-refractivity contribution in [2.24, 2.45) is 0 Å². The maximum absolute atomic E-state index is 13.0. The number of aromatic nitrogens is 1. The molecule has 2 N–H and O–H groups in total. The zero-order valence-electron chi connectivity index (χ0n) is 18.4. The van der Waals surface area contributed by atoms with Crippen molar-refractivity contribution in [1.82, 2.24) is 15.6 Å². The number of hydrogen-bond acceptors (Lipinski definition) is 6. The largest absolute Gasteiger partial charge is 0.449 e. The molecule has 33 heavy (non-hydrogen) atoms. The van der Waals surface area contributed by atoms with Crippen LogP contribution in [-0.2, 0) is 16.1 Å². The molecule has 0 aliphatic carbocycles. The van der Waals surface area contributed by atoms with Crippen LogP contribution in [0.1, 0.15) is 35.7 Å². The minimum absolute atomic E-state index is 0.274. The summed E-state index contributed by atoms with van der Waals surface area (Å²) in [4.78, 5) is 44.2. The Kier molecular flexibility index (Phi) is 6.83. The lowest BCUT2D eigenvalue weighted by molar-refractivity contribution is -0.127. The summed E-state index contributed by atoms with van der Waals surface area (Å²) in [6.07, 6.45) is 0.901. The number of amides is 3. The highest BCUT2D eigenvalue weighted by Gasteiger charge is 2.26. The molecule has 0 bridgehead atoms. The molecule has 1 aliphatic rings. The molecule has 170 valence electrons. The molecule has 4 rings (SSSR count). The Bertz CT molecular complexity index is 1160. The third-order valence-corrected chi connectivity index (χ3v) is 5.52. The third-order valence-electron chi connectivity index (χ3n) is 5.52. The molecule has 1 fully saturated rings. The summed E-state index contributed by atoms with van der Waals surface area (Å²) in [7, 11) is 0. The molecule has 8 heteroatoms. The summed E-state index contributed by atoms with van der Waals surface area (Å²) in [5, 5.41) is 5.63. The standard InChI is InChI=1S/C25H26N4O4/c1-17(23(30)28-25(32)26-16-18-9-3-2-4-10-18)33-24(31)20-15-19-11-5-6-12-21(19)27-22(20)29-13-7-8-14-29/h2-6,9-12,15,17H,7-8,13-14,16H2,1H3,(H2,26,28,30,32). The number of rotatable bonds is 6. The van der Waals surface area contributed by atoms with Crippen LogP contribution in [0.5, 0.6) is 0 Å². The summed E-state index contributed by atoms with van der Waals surface area (Å²) in [5.74, 6) is -0.794. The van der Waals surface area contributed by atoms with E-state index in [-0.39, 0.29) is 6.54 Å². The van der Waals surface area contributed by atoms with Crippen LogP contribution in [0, 0.1) is 0 Å². The second-order valence-electron chi connectivity index (χ2n) is 7.95. The number of anilines is 1. The summed E-state index contributed by atoms with van der Waals surface area (Å²) in [5.41, 5.74) is 2.00. The Labute approximate surface area is 191 Å². The topological polar surface area (TPSA) is 101 Å². The lowest BCUT2D eigenvalue weighted by atomic mass is 10.1. The predicted molar refractivity (Wildman–Crippen MR) is 125 cm³/mol. The van der Waals surface area contributed by atoms with Crippen LogP contribution in [0.15, 0.2) is 60.7 Å². The second kappa shape index (κ2) is 10.1. The first-order valence-electron chi connectivity index (χ1n) is 11.0. The maximum atomic E-state index is 13.0. The lowest BCUT2D eigenvalue weighted by Gasteiger charge is -2.21. The van der Waals surface area contributed by atoms with Crippen molar-refractivity contribution < 1.29 is 19.1 Å². The average Bonchev–Trinajstić information content (AvgIpc) is 3.37. The van der Waals surface area contributed by atoms with Gasteiger partial charge in [-0.25, -0.2) is 14.6 Å². The SMILES string of the molecule is CC(OC(=O)c1cc2ccccc2nc1N1CCCC1)C(=O)NC(=O)NCc1ccccc1. The molecular formula is C25H26N4O4. The van der Waals surface area contributed by atoms with Gasteiger partial charge in [0.25, 0.3) is 5.91 Å². The van der Waals surface area contributed by atoms with E-state index in [0.29, 0.717) is 11.4 Å². The van der Waals surface area contributed by atoms with Crippen LogP contribution in [0.4, 0.5) is 10.6 Å². The molecule has 1 aliphatic heterocycles. The molecule has 1 unspecified atom stereocenters. The van der Waals surface area contributed by atoms with Crippen molar-refractivity contribution in [2.75, 3.05) is 18.0 Å². The first-order valence-corrected chi connectivity index (χ1v) is 11.0. The van der Waals surface area contributed by atoms with Crippen LogP contribution < -0.4 is 15.5 Å². The molecule has 8 nitrogen and oxygen atoms in total. The quantitative estimate of drug-likeness (QED) is 0.563. The number of nitrogens with zero attached hydrogens (tertiary/aromatic N) is 2. The van der Waals surface area contributed by atoms with Crippen molar-refractivity contribution in [1.29, 1.82) is 0 Å². The Morgan fingerprint density at radius 1 is 1.03 bits per heavy atom.